The van der Waals surface area contributed by atoms with Crippen molar-refractivity contribution in [3.05, 3.63) is 11.6 Å². The zero-order chi connectivity index (χ0) is 13.4. The van der Waals surface area contributed by atoms with Crippen LogP contribution >= 0.6 is 0 Å². The summed E-state index contributed by atoms with van der Waals surface area (Å²) in [7, 11) is 0. The van der Waals surface area contributed by atoms with E-state index in [0.717, 1.165) is 19.3 Å². The molecule has 0 radical (unpaired) electrons. The number of hydrogen-bond donors (Lipinski definition) is 1. The quantitative estimate of drug-likeness (QED) is 0.600. The van der Waals surface area contributed by atoms with Gasteiger partial charge in [0.05, 0.1) is 0 Å². The first-order valence-electron chi connectivity index (χ1n) is 6.94. The molecule has 0 aromatic heterocycles. The Balaban J connectivity index is 2.28. The van der Waals surface area contributed by atoms with Crippen LogP contribution < -0.4 is 5.32 Å². The summed E-state index contributed by atoms with van der Waals surface area (Å²) in [5.41, 5.74) is 1.41. The molecule has 0 saturated carbocycles. The third-order valence-corrected chi connectivity index (χ3v) is 3.36. The molecule has 18 heavy (non-hydrogen) atoms. The van der Waals surface area contributed by atoms with E-state index in [4.69, 9.17) is 0 Å². The third-order valence-electron chi connectivity index (χ3n) is 3.36. The zero-order valence-corrected chi connectivity index (χ0v) is 11.5. The van der Waals surface area contributed by atoms with E-state index in [1.807, 2.05) is 13.8 Å². The van der Waals surface area contributed by atoms with Gasteiger partial charge in [-0.1, -0.05) is 11.6 Å². The van der Waals surface area contributed by atoms with E-state index in [1.54, 1.807) is 0 Å². The van der Waals surface area contributed by atoms with E-state index in [2.05, 4.69) is 11.4 Å². The molecule has 0 aliphatic heterocycles. The monoisotopic (exact) mass is 252 g/mol. The van der Waals surface area contributed by atoms with Crippen LogP contribution in [0.4, 0.5) is 0 Å². The highest BCUT2D eigenvalue weighted by atomic mass is 16.2. The fourth-order valence-electron chi connectivity index (χ4n) is 2.20. The van der Waals surface area contributed by atoms with Gasteiger partial charge in [-0.3, -0.25) is 9.59 Å². The van der Waals surface area contributed by atoms with E-state index < -0.39 is 11.8 Å². The molecule has 0 unspecified atom stereocenters. The average molecular weight is 252 g/mol. The van der Waals surface area contributed by atoms with Crippen molar-refractivity contribution in [2.75, 3.05) is 19.6 Å². The van der Waals surface area contributed by atoms with Gasteiger partial charge in [-0.2, -0.15) is 0 Å². The number of allylic oxidation sites excluding steroid dienone is 1. The van der Waals surface area contributed by atoms with E-state index in [-0.39, 0.29) is 0 Å². The van der Waals surface area contributed by atoms with Crippen LogP contribution in [0.2, 0.25) is 0 Å². The number of carbonyl (C=O) groups excluding carboxylic acids is 2. The molecule has 1 aliphatic carbocycles. The Labute approximate surface area is 109 Å². The van der Waals surface area contributed by atoms with Gasteiger partial charge in [0.1, 0.15) is 0 Å². The van der Waals surface area contributed by atoms with Gasteiger partial charge in [-0.15, -0.1) is 0 Å². The van der Waals surface area contributed by atoms with Crippen molar-refractivity contribution in [3.63, 3.8) is 0 Å². The van der Waals surface area contributed by atoms with Gasteiger partial charge < -0.3 is 10.2 Å². The molecule has 102 valence electrons. The van der Waals surface area contributed by atoms with Gasteiger partial charge in [-0.05, 0) is 46.0 Å². The molecule has 1 N–H and O–H groups in total. The molecule has 4 nitrogen and oxygen atoms in total. The summed E-state index contributed by atoms with van der Waals surface area (Å²) in [6.07, 6.45) is 7.95. The molecule has 0 saturated heterocycles. The topological polar surface area (TPSA) is 49.4 Å². The van der Waals surface area contributed by atoms with Gasteiger partial charge in [0.2, 0.25) is 0 Å². The normalized spacial score (nSPS) is 14.9. The van der Waals surface area contributed by atoms with Crippen LogP contribution in [0.15, 0.2) is 11.6 Å². The number of nitrogens with zero attached hydrogens (tertiary/aromatic N) is 1. The molecular formula is C14H24N2O2. The lowest BCUT2D eigenvalue weighted by Crippen LogP contribution is -2.43. The van der Waals surface area contributed by atoms with Crippen molar-refractivity contribution < 1.29 is 9.59 Å². The summed E-state index contributed by atoms with van der Waals surface area (Å²) in [5, 5.41) is 2.71. The Morgan fingerprint density at radius 3 is 2.56 bits per heavy atom. The number of hydrogen-bond acceptors (Lipinski definition) is 2. The Morgan fingerprint density at radius 1 is 1.28 bits per heavy atom. The number of likely N-dealkylation sites (N-methyl/N-ethyl adjacent to an activating group) is 1. The molecule has 1 aliphatic rings. The minimum atomic E-state index is -0.477. The molecule has 1 rings (SSSR count). The highest BCUT2D eigenvalue weighted by Gasteiger charge is 2.18. The van der Waals surface area contributed by atoms with Gasteiger partial charge >= 0.3 is 11.8 Å². The highest BCUT2D eigenvalue weighted by Crippen LogP contribution is 2.19. The minimum Gasteiger partial charge on any atom is -0.348 e. The summed E-state index contributed by atoms with van der Waals surface area (Å²) < 4.78 is 0. The minimum absolute atomic E-state index is 0.419. The Hall–Kier alpha value is -1.32. The molecule has 0 spiro atoms. The maximum atomic E-state index is 11.7. The van der Waals surface area contributed by atoms with E-state index in [1.165, 1.54) is 23.3 Å². The summed E-state index contributed by atoms with van der Waals surface area (Å²) >= 11 is 0. The van der Waals surface area contributed by atoms with Crippen molar-refractivity contribution in [2.45, 2.75) is 46.0 Å². The van der Waals surface area contributed by atoms with E-state index in [9.17, 15) is 9.59 Å². The second-order valence-electron chi connectivity index (χ2n) is 4.59. The van der Waals surface area contributed by atoms with Gasteiger partial charge in [0.15, 0.2) is 0 Å². The summed E-state index contributed by atoms with van der Waals surface area (Å²) in [4.78, 5) is 24.8. The average Bonchev–Trinajstić information content (AvgIpc) is 2.41. The highest BCUT2D eigenvalue weighted by molar-refractivity contribution is 6.34. The number of amides is 2. The summed E-state index contributed by atoms with van der Waals surface area (Å²) in [6, 6.07) is 0. The second kappa shape index (κ2) is 7.90. The fraction of sp³-hybridized carbons (Fsp3) is 0.714. The van der Waals surface area contributed by atoms with Crippen LogP contribution in [0.3, 0.4) is 0 Å². The predicted octanol–water partition coefficient (Wildman–Crippen LogP) is 1.86. The molecule has 2 amide bonds. The van der Waals surface area contributed by atoms with Crippen LogP contribution in [0.25, 0.3) is 0 Å². The molecule has 0 fully saturated rings. The number of carbonyl (C=O) groups is 2. The third kappa shape index (κ3) is 4.51. The molecule has 0 atom stereocenters. The predicted molar refractivity (Wildman–Crippen MR) is 72.1 cm³/mol. The molecular weight excluding hydrogens is 228 g/mol. The smallest absolute Gasteiger partial charge is 0.311 e. The first kappa shape index (κ1) is 14.7. The van der Waals surface area contributed by atoms with E-state index >= 15 is 0 Å². The number of rotatable bonds is 5. The zero-order valence-electron chi connectivity index (χ0n) is 11.5. The molecule has 0 bridgehead atoms. The molecule has 0 aromatic carbocycles. The summed E-state index contributed by atoms with van der Waals surface area (Å²) in [5.74, 6) is -0.896. The van der Waals surface area contributed by atoms with Crippen LogP contribution in [0.1, 0.15) is 46.0 Å². The van der Waals surface area contributed by atoms with Crippen molar-refractivity contribution in [2.24, 2.45) is 0 Å². The lowest BCUT2D eigenvalue weighted by Gasteiger charge is -2.18. The van der Waals surface area contributed by atoms with Crippen LogP contribution in [-0.4, -0.2) is 36.3 Å². The Morgan fingerprint density at radius 2 is 2.00 bits per heavy atom. The largest absolute Gasteiger partial charge is 0.348 e. The van der Waals surface area contributed by atoms with Crippen molar-refractivity contribution in [3.8, 4) is 0 Å². The maximum absolute atomic E-state index is 11.7. The van der Waals surface area contributed by atoms with Gasteiger partial charge in [0.25, 0.3) is 0 Å². The second-order valence-corrected chi connectivity index (χ2v) is 4.59. The van der Waals surface area contributed by atoms with Crippen LogP contribution in [-0.2, 0) is 9.59 Å². The lowest BCUT2D eigenvalue weighted by molar-refractivity contribution is -0.145. The summed E-state index contributed by atoms with van der Waals surface area (Å²) in [6.45, 7) is 5.47. The van der Waals surface area contributed by atoms with Crippen LogP contribution in [0, 0.1) is 0 Å². The van der Waals surface area contributed by atoms with Crippen molar-refractivity contribution in [1.82, 2.24) is 10.2 Å². The van der Waals surface area contributed by atoms with Gasteiger partial charge in [-0.25, -0.2) is 0 Å². The Kier molecular flexibility index (Phi) is 6.47. The molecule has 0 heterocycles. The first-order chi connectivity index (χ1) is 8.69. The lowest BCUT2D eigenvalue weighted by atomic mass is 9.97. The van der Waals surface area contributed by atoms with Crippen molar-refractivity contribution in [1.29, 1.82) is 0 Å². The fourth-order valence-corrected chi connectivity index (χ4v) is 2.20. The van der Waals surface area contributed by atoms with Crippen molar-refractivity contribution >= 4 is 11.8 Å². The molecule has 0 aromatic rings. The maximum Gasteiger partial charge on any atom is 0.311 e. The van der Waals surface area contributed by atoms with Gasteiger partial charge in [0, 0.05) is 19.6 Å². The first-order valence-corrected chi connectivity index (χ1v) is 6.94. The van der Waals surface area contributed by atoms with E-state index in [0.29, 0.717) is 19.6 Å². The van der Waals surface area contributed by atoms with Crippen LogP contribution in [0.5, 0.6) is 0 Å². The number of nitrogens with one attached hydrogen (secondary N) is 1. The SMILES string of the molecule is CCN(CC)C(=O)C(=O)NCCC1=CCCCC1. The Bertz CT molecular complexity index is 320. The standard InChI is InChI=1S/C14H24N2O2/c1-3-16(4-2)14(18)13(17)15-11-10-12-8-6-5-7-9-12/h8H,3-7,9-11H2,1-2H3,(H,15,17). The molecule has 4 heteroatoms.